The summed E-state index contributed by atoms with van der Waals surface area (Å²) in [6, 6.07) is -0.0973. The lowest BCUT2D eigenvalue weighted by molar-refractivity contribution is -0.143. The molecule has 0 aromatic carbocycles. The number of hydrogen-bond donors (Lipinski definition) is 2. The molecule has 1 aliphatic heterocycles. The standard InChI is InChI=1S/C15H26N2O3S/c1-21-15(7-3-2-4-8-15)11-16-14(20)17-9-5-6-12(10-17)13(18)19/h12H,2-11H2,1H3,(H,16,20)(H,18,19)/t12-/m1/s1. The highest BCUT2D eigenvalue weighted by Gasteiger charge is 2.33. The molecule has 1 heterocycles. The van der Waals surface area contributed by atoms with Gasteiger partial charge in [-0.3, -0.25) is 4.79 Å². The quantitative estimate of drug-likeness (QED) is 0.837. The van der Waals surface area contributed by atoms with Crippen molar-refractivity contribution in [3.63, 3.8) is 0 Å². The van der Waals surface area contributed by atoms with Crippen LogP contribution in [0.25, 0.3) is 0 Å². The van der Waals surface area contributed by atoms with Gasteiger partial charge in [0.15, 0.2) is 0 Å². The first kappa shape index (κ1) is 16.5. The SMILES string of the molecule is CSC1(CNC(=O)N2CCC[C@@H](C(=O)O)C2)CCCCC1. The van der Waals surface area contributed by atoms with Gasteiger partial charge in [0.25, 0.3) is 0 Å². The molecule has 0 radical (unpaired) electrons. The van der Waals surface area contributed by atoms with Gasteiger partial charge >= 0.3 is 12.0 Å². The number of carboxylic acid groups (broad SMARTS) is 1. The summed E-state index contributed by atoms with van der Waals surface area (Å²) < 4.78 is 0.176. The average molecular weight is 314 g/mol. The molecule has 1 atom stereocenters. The number of carbonyl (C=O) groups is 2. The van der Waals surface area contributed by atoms with E-state index in [0.29, 0.717) is 26.1 Å². The normalized spacial score (nSPS) is 25.4. The maximum absolute atomic E-state index is 12.3. The Hall–Kier alpha value is -0.910. The van der Waals surface area contributed by atoms with E-state index < -0.39 is 11.9 Å². The Morgan fingerprint density at radius 1 is 1.29 bits per heavy atom. The third-order valence-corrected chi connectivity index (χ3v) is 6.24. The van der Waals surface area contributed by atoms with Crippen molar-refractivity contribution in [2.75, 3.05) is 25.9 Å². The number of likely N-dealkylation sites (tertiary alicyclic amines) is 1. The van der Waals surface area contributed by atoms with E-state index in [1.807, 2.05) is 11.8 Å². The molecule has 0 aromatic rings. The summed E-state index contributed by atoms with van der Waals surface area (Å²) in [6.07, 6.45) is 9.66. The molecule has 120 valence electrons. The van der Waals surface area contributed by atoms with E-state index in [1.54, 1.807) is 4.90 Å². The molecule has 2 aliphatic rings. The van der Waals surface area contributed by atoms with Gasteiger partial charge in [-0.25, -0.2) is 4.79 Å². The van der Waals surface area contributed by atoms with E-state index >= 15 is 0 Å². The topological polar surface area (TPSA) is 69.6 Å². The smallest absolute Gasteiger partial charge is 0.317 e. The summed E-state index contributed by atoms with van der Waals surface area (Å²) in [7, 11) is 0. The zero-order valence-corrected chi connectivity index (χ0v) is 13.6. The van der Waals surface area contributed by atoms with E-state index in [9.17, 15) is 9.59 Å². The molecule has 0 spiro atoms. The minimum Gasteiger partial charge on any atom is -0.481 e. The number of amides is 2. The first-order valence-corrected chi connectivity index (χ1v) is 9.09. The minimum absolute atomic E-state index is 0.0973. The number of rotatable bonds is 4. The first-order valence-electron chi connectivity index (χ1n) is 7.87. The number of nitrogens with zero attached hydrogens (tertiary/aromatic N) is 1. The zero-order valence-electron chi connectivity index (χ0n) is 12.8. The Kier molecular flexibility index (Phi) is 5.79. The van der Waals surface area contributed by atoms with Crippen LogP contribution in [0.3, 0.4) is 0 Å². The van der Waals surface area contributed by atoms with Crippen LogP contribution in [0.5, 0.6) is 0 Å². The Labute approximate surface area is 130 Å². The van der Waals surface area contributed by atoms with Gasteiger partial charge in [0, 0.05) is 24.4 Å². The largest absolute Gasteiger partial charge is 0.481 e. The van der Waals surface area contributed by atoms with Crippen LogP contribution < -0.4 is 5.32 Å². The second-order valence-corrected chi connectivity index (χ2v) is 7.50. The molecule has 2 amide bonds. The van der Waals surface area contributed by atoms with Gasteiger partial charge in [0.2, 0.25) is 0 Å². The molecule has 1 saturated heterocycles. The van der Waals surface area contributed by atoms with Crippen LogP contribution in [0.1, 0.15) is 44.9 Å². The van der Waals surface area contributed by atoms with Gasteiger partial charge in [-0.1, -0.05) is 19.3 Å². The van der Waals surface area contributed by atoms with E-state index in [-0.39, 0.29) is 10.8 Å². The third kappa shape index (κ3) is 4.28. The summed E-state index contributed by atoms with van der Waals surface area (Å²) in [5.41, 5.74) is 0. The molecule has 2 fully saturated rings. The summed E-state index contributed by atoms with van der Waals surface area (Å²) in [5.74, 6) is -1.20. The number of carbonyl (C=O) groups excluding carboxylic acids is 1. The van der Waals surface area contributed by atoms with Gasteiger partial charge in [-0.2, -0.15) is 11.8 Å². The average Bonchev–Trinajstić information content (AvgIpc) is 2.53. The van der Waals surface area contributed by atoms with Crippen LogP contribution in [-0.2, 0) is 4.79 Å². The van der Waals surface area contributed by atoms with Crippen molar-refractivity contribution in [1.29, 1.82) is 0 Å². The highest BCUT2D eigenvalue weighted by molar-refractivity contribution is 8.00. The second kappa shape index (κ2) is 7.38. The van der Waals surface area contributed by atoms with Crippen LogP contribution in [0.2, 0.25) is 0 Å². The lowest BCUT2D eigenvalue weighted by Crippen LogP contribution is -2.50. The lowest BCUT2D eigenvalue weighted by Gasteiger charge is -2.37. The van der Waals surface area contributed by atoms with E-state index in [4.69, 9.17) is 5.11 Å². The molecule has 2 N–H and O–H groups in total. The van der Waals surface area contributed by atoms with Crippen LogP contribution in [0.15, 0.2) is 0 Å². The Balaban J connectivity index is 1.84. The second-order valence-electron chi connectivity index (χ2n) is 6.23. The fraction of sp³-hybridized carbons (Fsp3) is 0.867. The first-order chi connectivity index (χ1) is 10.1. The van der Waals surface area contributed by atoms with Gasteiger partial charge < -0.3 is 15.3 Å². The maximum atomic E-state index is 12.3. The van der Waals surface area contributed by atoms with Crippen molar-refractivity contribution in [2.24, 2.45) is 5.92 Å². The molecule has 1 aliphatic carbocycles. The van der Waals surface area contributed by atoms with Crippen molar-refractivity contribution >= 4 is 23.8 Å². The minimum atomic E-state index is -0.791. The Morgan fingerprint density at radius 2 is 2.00 bits per heavy atom. The van der Waals surface area contributed by atoms with Crippen molar-refractivity contribution in [1.82, 2.24) is 10.2 Å². The number of piperidine rings is 1. The fourth-order valence-corrected chi connectivity index (χ4v) is 4.27. The van der Waals surface area contributed by atoms with Crippen molar-refractivity contribution < 1.29 is 14.7 Å². The molecule has 6 heteroatoms. The number of thioether (sulfide) groups is 1. The highest BCUT2D eigenvalue weighted by Crippen LogP contribution is 2.38. The van der Waals surface area contributed by atoms with Gasteiger partial charge in [-0.05, 0) is 31.9 Å². The summed E-state index contributed by atoms with van der Waals surface area (Å²) in [4.78, 5) is 25.0. The van der Waals surface area contributed by atoms with Crippen molar-refractivity contribution in [2.45, 2.75) is 49.7 Å². The highest BCUT2D eigenvalue weighted by atomic mass is 32.2. The monoisotopic (exact) mass is 314 g/mol. The zero-order chi connectivity index (χ0) is 15.3. The molecule has 2 rings (SSSR count). The van der Waals surface area contributed by atoms with Crippen LogP contribution in [0, 0.1) is 5.92 Å². The molecule has 0 bridgehead atoms. The summed E-state index contributed by atoms with van der Waals surface area (Å²) >= 11 is 1.86. The van der Waals surface area contributed by atoms with Gasteiger partial charge in [0.1, 0.15) is 0 Å². The predicted octanol–water partition coefficient (Wildman–Crippen LogP) is 2.56. The number of hydrogen-bond acceptors (Lipinski definition) is 3. The van der Waals surface area contributed by atoms with Crippen molar-refractivity contribution in [3.05, 3.63) is 0 Å². The third-order valence-electron chi connectivity index (χ3n) is 4.82. The Bertz CT molecular complexity index is 383. The molecule has 5 nitrogen and oxygen atoms in total. The van der Waals surface area contributed by atoms with Gasteiger partial charge in [0.05, 0.1) is 5.92 Å². The number of carboxylic acids is 1. The lowest BCUT2D eigenvalue weighted by atomic mass is 9.88. The number of urea groups is 1. The predicted molar refractivity (Wildman–Crippen MR) is 84.7 cm³/mol. The van der Waals surface area contributed by atoms with Crippen LogP contribution in [-0.4, -0.2) is 52.6 Å². The molecule has 0 aromatic heterocycles. The summed E-state index contributed by atoms with van der Waals surface area (Å²) in [6.45, 7) is 1.70. The molecular formula is C15H26N2O3S. The van der Waals surface area contributed by atoms with Crippen LogP contribution >= 0.6 is 11.8 Å². The molecular weight excluding hydrogens is 288 g/mol. The molecule has 0 unspecified atom stereocenters. The molecule has 1 saturated carbocycles. The summed E-state index contributed by atoms with van der Waals surface area (Å²) in [5, 5.41) is 12.1. The fourth-order valence-electron chi connectivity index (χ4n) is 3.36. The van der Waals surface area contributed by atoms with E-state index in [0.717, 1.165) is 19.3 Å². The van der Waals surface area contributed by atoms with E-state index in [1.165, 1.54) is 19.3 Å². The van der Waals surface area contributed by atoms with Crippen molar-refractivity contribution in [3.8, 4) is 0 Å². The number of aliphatic carboxylic acids is 1. The van der Waals surface area contributed by atoms with Crippen LogP contribution in [0.4, 0.5) is 4.79 Å². The number of nitrogens with one attached hydrogen (secondary N) is 1. The maximum Gasteiger partial charge on any atom is 0.317 e. The molecule has 21 heavy (non-hydrogen) atoms. The van der Waals surface area contributed by atoms with Gasteiger partial charge in [-0.15, -0.1) is 0 Å². The van der Waals surface area contributed by atoms with E-state index in [2.05, 4.69) is 11.6 Å². The Morgan fingerprint density at radius 3 is 2.62 bits per heavy atom.